The third-order valence-electron chi connectivity index (χ3n) is 3.13. The molecule has 1 heterocycles. The Bertz CT molecular complexity index is 479. The summed E-state index contributed by atoms with van der Waals surface area (Å²) in [4.78, 5) is 16.4. The molecule has 1 atom stereocenters. The van der Waals surface area contributed by atoms with Crippen molar-refractivity contribution in [1.29, 1.82) is 0 Å². The van der Waals surface area contributed by atoms with Crippen LogP contribution < -0.4 is 0 Å². The highest BCUT2D eigenvalue weighted by molar-refractivity contribution is 5.93. The lowest BCUT2D eigenvalue weighted by Crippen LogP contribution is -2.35. The van der Waals surface area contributed by atoms with Gasteiger partial charge in [0.05, 0.1) is 0 Å². The van der Waals surface area contributed by atoms with E-state index in [2.05, 4.69) is 17.3 Å². The molecule has 1 unspecified atom stereocenters. The van der Waals surface area contributed by atoms with E-state index in [4.69, 9.17) is 9.57 Å². The van der Waals surface area contributed by atoms with Crippen molar-refractivity contribution in [3.05, 3.63) is 35.9 Å². The fraction of sp³-hybridized carbons (Fsp3) is 0.467. The molecule has 1 aromatic carbocycles. The molecule has 0 N–H and O–H groups in total. The number of nitrogens with zero attached hydrogens (tertiary/aromatic N) is 1. The van der Waals surface area contributed by atoms with Gasteiger partial charge in [-0.15, -0.1) is 0 Å². The molecular weight excluding hydrogens is 242 g/mol. The molecule has 0 spiro atoms. The van der Waals surface area contributed by atoms with Gasteiger partial charge >= 0.3 is 5.97 Å². The Balaban J connectivity index is 2.23. The minimum atomic E-state index is -0.306. The van der Waals surface area contributed by atoms with Crippen LogP contribution in [0.15, 0.2) is 35.5 Å². The molecule has 1 aromatic rings. The van der Waals surface area contributed by atoms with Gasteiger partial charge in [-0.3, -0.25) is 4.79 Å². The van der Waals surface area contributed by atoms with Crippen LogP contribution in [-0.2, 0) is 14.4 Å². The van der Waals surface area contributed by atoms with Crippen molar-refractivity contribution < 1.29 is 14.4 Å². The number of hydrogen-bond acceptors (Lipinski definition) is 4. The highest BCUT2D eigenvalue weighted by Gasteiger charge is 2.34. The average molecular weight is 261 g/mol. The first kappa shape index (κ1) is 13.6. The Kier molecular flexibility index (Phi) is 3.88. The predicted octanol–water partition coefficient (Wildman–Crippen LogP) is 2.89. The number of oxime groups is 1. The zero-order chi connectivity index (χ0) is 13.9. The Morgan fingerprint density at radius 2 is 2.11 bits per heavy atom. The molecule has 0 saturated heterocycles. The van der Waals surface area contributed by atoms with Gasteiger partial charge in [0.25, 0.3) is 0 Å². The summed E-state index contributed by atoms with van der Waals surface area (Å²) in [6.45, 7) is 5.60. The maximum atomic E-state index is 10.9. The van der Waals surface area contributed by atoms with Crippen LogP contribution in [0.3, 0.4) is 0 Å². The molecular formula is C15H19NO3. The minimum Gasteiger partial charge on any atom is -0.460 e. The van der Waals surface area contributed by atoms with Crippen molar-refractivity contribution in [3.8, 4) is 0 Å². The first-order chi connectivity index (χ1) is 8.98. The lowest BCUT2D eigenvalue weighted by Gasteiger charge is -2.33. The van der Waals surface area contributed by atoms with Gasteiger partial charge in [0.15, 0.2) is 0 Å². The number of carbonyl (C=O) groups excluding carboxylic acids is 1. The Labute approximate surface area is 113 Å². The first-order valence-corrected chi connectivity index (χ1v) is 6.41. The third-order valence-corrected chi connectivity index (χ3v) is 3.13. The van der Waals surface area contributed by atoms with Gasteiger partial charge in [-0.05, 0) is 19.4 Å². The fourth-order valence-corrected chi connectivity index (χ4v) is 2.19. The Morgan fingerprint density at radius 3 is 2.74 bits per heavy atom. The van der Waals surface area contributed by atoms with Gasteiger partial charge in [0.2, 0.25) is 0 Å². The summed E-state index contributed by atoms with van der Waals surface area (Å²) >= 11 is 0. The van der Waals surface area contributed by atoms with Crippen molar-refractivity contribution in [2.24, 2.45) is 5.16 Å². The van der Waals surface area contributed by atoms with Gasteiger partial charge < -0.3 is 9.57 Å². The molecule has 1 aliphatic heterocycles. The van der Waals surface area contributed by atoms with E-state index < -0.39 is 0 Å². The van der Waals surface area contributed by atoms with Gasteiger partial charge in [-0.25, -0.2) is 0 Å². The molecule has 102 valence electrons. The monoisotopic (exact) mass is 261 g/mol. The lowest BCUT2D eigenvalue weighted by atomic mass is 9.84. The van der Waals surface area contributed by atoms with Crippen LogP contribution >= 0.6 is 0 Å². The maximum Gasteiger partial charge on any atom is 0.303 e. The fourth-order valence-electron chi connectivity index (χ4n) is 2.19. The number of carbonyl (C=O) groups is 1. The normalized spacial score (nSPS) is 21.2. The zero-order valence-electron chi connectivity index (χ0n) is 11.6. The van der Waals surface area contributed by atoms with E-state index >= 15 is 0 Å². The summed E-state index contributed by atoms with van der Waals surface area (Å²) in [6.07, 6.45) is 0.817. The van der Waals surface area contributed by atoms with Crippen LogP contribution in [0.1, 0.15) is 38.7 Å². The van der Waals surface area contributed by atoms with Crippen LogP contribution in [0, 0.1) is 0 Å². The quantitative estimate of drug-likeness (QED) is 0.786. The van der Waals surface area contributed by atoms with Crippen LogP contribution in [-0.4, -0.2) is 23.9 Å². The summed E-state index contributed by atoms with van der Waals surface area (Å²) in [5, 5.41) is 4.15. The number of hydrogen-bond donors (Lipinski definition) is 0. The third kappa shape index (κ3) is 3.56. The van der Waals surface area contributed by atoms with E-state index in [1.807, 2.05) is 32.0 Å². The minimum absolute atomic E-state index is 0.129. The van der Waals surface area contributed by atoms with E-state index in [0.29, 0.717) is 0 Å². The van der Waals surface area contributed by atoms with Crippen molar-refractivity contribution in [2.45, 2.75) is 38.7 Å². The van der Waals surface area contributed by atoms with Gasteiger partial charge in [-0.2, -0.15) is 0 Å². The van der Waals surface area contributed by atoms with E-state index in [0.717, 1.165) is 12.1 Å². The average Bonchev–Trinajstić information content (AvgIpc) is 2.37. The molecule has 0 aliphatic carbocycles. The van der Waals surface area contributed by atoms with Gasteiger partial charge in [0, 0.05) is 19.3 Å². The second kappa shape index (κ2) is 5.43. The summed E-state index contributed by atoms with van der Waals surface area (Å²) in [7, 11) is 0. The van der Waals surface area contributed by atoms with Gasteiger partial charge in [-0.1, -0.05) is 35.5 Å². The molecule has 19 heavy (non-hydrogen) atoms. The molecule has 2 rings (SSSR count). The van der Waals surface area contributed by atoms with E-state index in [1.54, 1.807) is 0 Å². The summed E-state index contributed by atoms with van der Waals surface area (Å²) in [6, 6.07) is 10.1. The first-order valence-electron chi connectivity index (χ1n) is 6.41. The van der Waals surface area contributed by atoms with Crippen molar-refractivity contribution >= 4 is 11.7 Å². The van der Waals surface area contributed by atoms with Crippen molar-refractivity contribution in [3.63, 3.8) is 0 Å². The highest BCUT2D eigenvalue weighted by Crippen LogP contribution is 2.33. The van der Waals surface area contributed by atoms with E-state index in [9.17, 15) is 4.79 Å². The topological polar surface area (TPSA) is 47.9 Å². The number of rotatable bonds is 3. The molecule has 4 heteroatoms. The Hall–Kier alpha value is -1.84. The van der Waals surface area contributed by atoms with Crippen LogP contribution in [0.2, 0.25) is 0 Å². The van der Waals surface area contributed by atoms with Crippen LogP contribution in [0.25, 0.3) is 0 Å². The molecule has 0 radical (unpaired) electrons. The predicted molar refractivity (Wildman–Crippen MR) is 73.0 cm³/mol. The molecule has 0 bridgehead atoms. The number of ether oxygens (including phenoxy) is 1. The second-order valence-electron chi connectivity index (χ2n) is 5.38. The summed E-state index contributed by atoms with van der Waals surface area (Å²) in [5.74, 6) is -0.177. The maximum absolute atomic E-state index is 10.9. The van der Waals surface area contributed by atoms with Crippen LogP contribution in [0.5, 0.6) is 0 Å². The van der Waals surface area contributed by atoms with E-state index in [-0.39, 0.29) is 24.1 Å². The van der Waals surface area contributed by atoms with E-state index in [1.165, 1.54) is 12.5 Å². The van der Waals surface area contributed by atoms with Crippen molar-refractivity contribution in [1.82, 2.24) is 0 Å². The van der Waals surface area contributed by atoms with Gasteiger partial charge in [0.1, 0.15) is 17.9 Å². The number of esters is 1. The molecule has 0 amide bonds. The molecule has 0 saturated carbocycles. The largest absolute Gasteiger partial charge is 0.460 e. The lowest BCUT2D eigenvalue weighted by molar-refractivity contribution is -0.139. The second-order valence-corrected chi connectivity index (χ2v) is 5.38. The molecule has 0 fully saturated rings. The molecule has 4 nitrogen and oxygen atoms in total. The zero-order valence-corrected chi connectivity index (χ0v) is 11.6. The smallest absolute Gasteiger partial charge is 0.303 e. The number of benzene rings is 1. The summed E-state index contributed by atoms with van der Waals surface area (Å²) < 4.78 is 5.05. The Morgan fingerprint density at radius 1 is 1.42 bits per heavy atom. The standard InChI is InChI=1S/C15H19NO3/c1-11(17)18-10-14-13(9-15(2,3)19-16-14)12-7-5-4-6-8-12/h4-8,13H,9-10H2,1-3H3. The SMILES string of the molecule is CC(=O)OCC1=NOC(C)(C)CC1c1ccccc1. The highest BCUT2D eigenvalue weighted by atomic mass is 16.7. The molecule has 0 aromatic heterocycles. The van der Waals surface area contributed by atoms with Crippen molar-refractivity contribution in [2.75, 3.05) is 6.61 Å². The summed E-state index contributed by atoms with van der Waals surface area (Å²) in [5.41, 5.74) is 1.63. The molecule has 1 aliphatic rings. The van der Waals surface area contributed by atoms with Crippen LogP contribution in [0.4, 0.5) is 0 Å².